The number of para-hydroxylation sites is 1. The van der Waals surface area contributed by atoms with E-state index in [1.807, 2.05) is 4.72 Å². The van der Waals surface area contributed by atoms with E-state index >= 15 is 0 Å². The summed E-state index contributed by atoms with van der Waals surface area (Å²) in [7, 11) is -2.97. The Kier molecular flexibility index (Phi) is 6.77. The minimum absolute atomic E-state index is 0.0399. The van der Waals surface area contributed by atoms with E-state index in [0.29, 0.717) is 0 Å². The molecular weight excluding hydrogens is 421 g/mol. The second kappa shape index (κ2) is 8.84. The van der Waals surface area contributed by atoms with E-state index in [-0.39, 0.29) is 33.6 Å². The number of aromatic nitrogens is 3. The Labute approximate surface area is 164 Å². The fourth-order valence-electron chi connectivity index (χ4n) is 1.79. The molecule has 0 fully saturated rings. The lowest BCUT2D eigenvalue weighted by atomic mass is 10.3. The topological polar surface area (TPSA) is 132 Å². The molecule has 2 N–H and O–H groups in total. The molecule has 0 radical (unpaired) electrons. The van der Waals surface area contributed by atoms with Crippen LogP contribution in [0.1, 0.15) is 5.82 Å². The van der Waals surface area contributed by atoms with Crippen LogP contribution in [0.5, 0.6) is 11.8 Å². The molecular formula is C14H13Cl2N5O5S. The van der Waals surface area contributed by atoms with Gasteiger partial charge in [0, 0.05) is 0 Å². The number of hydrogen-bond acceptors (Lipinski definition) is 8. The summed E-state index contributed by atoms with van der Waals surface area (Å²) >= 11 is 11.1. The molecule has 10 nitrogen and oxygen atoms in total. The number of sulfonamides is 1. The second-order valence-corrected chi connectivity index (χ2v) is 6.96. The molecule has 0 bridgehead atoms. The lowest BCUT2D eigenvalue weighted by molar-refractivity contribution is 0.256. The van der Waals surface area contributed by atoms with Crippen molar-refractivity contribution in [2.45, 2.75) is 11.8 Å². The van der Waals surface area contributed by atoms with Crippen LogP contribution < -0.4 is 19.5 Å². The third-order valence-electron chi connectivity index (χ3n) is 2.79. The number of benzene rings is 1. The van der Waals surface area contributed by atoms with Crippen LogP contribution in [-0.4, -0.2) is 36.5 Å². The summed E-state index contributed by atoms with van der Waals surface area (Å²) in [5.74, 6) is -0.0525. The summed E-state index contributed by atoms with van der Waals surface area (Å²) in [5, 5.41) is 1.93. The maximum Gasteiger partial charge on any atom is 0.335 e. The van der Waals surface area contributed by atoms with E-state index < -0.39 is 16.1 Å². The summed E-state index contributed by atoms with van der Waals surface area (Å²) < 4.78 is 36.8. The summed E-state index contributed by atoms with van der Waals surface area (Å²) in [6, 6.07) is 4.39. The fourth-order valence-corrected chi connectivity index (χ4v) is 2.96. The largest absolute Gasteiger partial charge is 0.467 e. The minimum Gasteiger partial charge on any atom is -0.467 e. The Morgan fingerprint density at radius 2 is 1.93 bits per heavy atom. The van der Waals surface area contributed by atoms with Gasteiger partial charge in [0.2, 0.25) is 11.2 Å². The number of anilines is 1. The van der Waals surface area contributed by atoms with E-state index in [4.69, 9.17) is 32.7 Å². The predicted octanol–water partition coefficient (Wildman–Crippen LogP) is 2.35. The lowest BCUT2D eigenvalue weighted by Gasteiger charge is -2.12. The maximum atomic E-state index is 12.5. The first-order valence-electron chi connectivity index (χ1n) is 7.08. The van der Waals surface area contributed by atoms with Crippen molar-refractivity contribution in [3.8, 4) is 11.8 Å². The van der Waals surface area contributed by atoms with Crippen molar-refractivity contribution in [2.75, 3.05) is 12.4 Å². The van der Waals surface area contributed by atoms with Crippen molar-refractivity contribution >= 4 is 45.2 Å². The van der Waals surface area contributed by atoms with Crippen molar-refractivity contribution in [2.24, 2.45) is 0 Å². The molecule has 0 saturated heterocycles. The van der Waals surface area contributed by atoms with E-state index in [1.54, 1.807) is 6.92 Å². The summed E-state index contributed by atoms with van der Waals surface area (Å²) in [5.41, 5.74) is 0.918. The van der Waals surface area contributed by atoms with E-state index in [2.05, 4.69) is 20.3 Å². The number of carbonyl (C=O) groups excluding carboxylic acids is 1. The van der Waals surface area contributed by atoms with Crippen molar-refractivity contribution in [1.82, 2.24) is 19.7 Å². The lowest BCUT2D eigenvalue weighted by Crippen LogP contribution is -2.35. The molecule has 13 heteroatoms. The Morgan fingerprint density at radius 3 is 2.59 bits per heavy atom. The predicted molar refractivity (Wildman–Crippen MR) is 97.3 cm³/mol. The van der Waals surface area contributed by atoms with Crippen LogP contribution in [0.2, 0.25) is 0 Å². The van der Waals surface area contributed by atoms with Gasteiger partial charge >= 0.3 is 12.0 Å². The molecule has 2 rings (SSSR count). The van der Waals surface area contributed by atoms with Crippen LogP contribution in [0.3, 0.4) is 0 Å². The second-order valence-electron chi connectivity index (χ2n) is 4.71. The average Bonchev–Trinajstić information content (AvgIpc) is 2.60. The van der Waals surface area contributed by atoms with Gasteiger partial charge in [0.05, 0.1) is 12.6 Å². The molecule has 0 aliphatic carbocycles. The zero-order valence-electron chi connectivity index (χ0n) is 13.9. The SMILES string of the molecule is COc1nc(C)nc(NC(=O)NS(=O)(=O)c2ccccc2OC(Cl)=CCl)n1. The zero-order chi connectivity index (χ0) is 20.0. The molecule has 0 atom stereocenters. The van der Waals surface area contributed by atoms with Gasteiger partial charge in [-0.1, -0.05) is 23.7 Å². The van der Waals surface area contributed by atoms with Gasteiger partial charge in [-0.3, -0.25) is 5.32 Å². The molecule has 2 aromatic rings. The summed E-state index contributed by atoms with van der Waals surface area (Å²) in [4.78, 5) is 23.2. The van der Waals surface area contributed by atoms with Crippen LogP contribution in [0.4, 0.5) is 10.7 Å². The van der Waals surface area contributed by atoms with Crippen molar-refractivity contribution in [3.63, 3.8) is 0 Å². The number of carbonyl (C=O) groups is 1. The van der Waals surface area contributed by atoms with Crippen LogP contribution in [0.15, 0.2) is 39.9 Å². The van der Waals surface area contributed by atoms with Gasteiger partial charge in [0.25, 0.3) is 10.0 Å². The maximum absolute atomic E-state index is 12.5. The highest BCUT2D eigenvalue weighted by molar-refractivity contribution is 7.90. The van der Waals surface area contributed by atoms with E-state index in [1.165, 1.54) is 31.4 Å². The monoisotopic (exact) mass is 433 g/mol. The number of nitrogens with one attached hydrogen (secondary N) is 2. The van der Waals surface area contributed by atoms with Crippen molar-refractivity contribution in [1.29, 1.82) is 0 Å². The van der Waals surface area contributed by atoms with E-state index in [0.717, 1.165) is 5.54 Å². The van der Waals surface area contributed by atoms with E-state index in [9.17, 15) is 13.2 Å². The van der Waals surface area contributed by atoms with Crippen LogP contribution in [0.25, 0.3) is 0 Å². The number of nitrogens with zero attached hydrogens (tertiary/aromatic N) is 3. The highest BCUT2D eigenvalue weighted by atomic mass is 35.5. The number of urea groups is 1. The van der Waals surface area contributed by atoms with Gasteiger partial charge < -0.3 is 9.47 Å². The molecule has 0 spiro atoms. The number of methoxy groups -OCH3 is 1. The summed E-state index contributed by atoms with van der Waals surface area (Å²) in [6.45, 7) is 1.55. The molecule has 0 saturated carbocycles. The normalized spacial score (nSPS) is 11.6. The molecule has 144 valence electrons. The standard InChI is InChI=1S/C14H13Cl2N5O5S/c1-8-17-12(20-14(18-8)25-2)19-13(22)21-27(23,24)10-6-4-3-5-9(10)26-11(16)7-15/h3-7H,1-2H3,(H2,17,18,19,20,21,22). The van der Waals surface area contributed by atoms with Gasteiger partial charge in [-0.2, -0.15) is 15.0 Å². The third-order valence-corrected chi connectivity index (χ3v) is 4.66. The molecule has 0 aliphatic rings. The van der Waals surface area contributed by atoms with Gasteiger partial charge in [-0.15, -0.1) is 0 Å². The Bertz CT molecular complexity index is 984. The number of amides is 2. The first kappa shape index (κ1) is 20.7. The smallest absolute Gasteiger partial charge is 0.335 e. The Hall–Kier alpha value is -2.63. The molecule has 1 aromatic carbocycles. The first-order chi connectivity index (χ1) is 12.7. The zero-order valence-corrected chi connectivity index (χ0v) is 16.3. The number of halogens is 2. The molecule has 0 aliphatic heterocycles. The van der Waals surface area contributed by atoms with Crippen molar-refractivity contribution in [3.05, 3.63) is 40.8 Å². The third kappa shape index (κ3) is 5.67. The van der Waals surface area contributed by atoms with Crippen LogP contribution in [0, 0.1) is 6.92 Å². The highest BCUT2D eigenvalue weighted by Crippen LogP contribution is 2.26. The number of hydrogen-bond donors (Lipinski definition) is 2. The number of aryl methyl sites for hydroxylation is 1. The summed E-state index contributed by atoms with van der Waals surface area (Å²) in [6.07, 6.45) is 0. The van der Waals surface area contributed by atoms with Gasteiger partial charge in [-0.25, -0.2) is 17.9 Å². The Morgan fingerprint density at radius 1 is 1.22 bits per heavy atom. The quantitative estimate of drug-likeness (QED) is 0.663. The fraction of sp³-hybridized carbons (Fsp3) is 0.143. The molecule has 1 aromatic heterocycles. The van der Waals surface area contributed by atoms with Crippen molar-refractivity contribution < 1.29 is 22.7 Å². The minimum atomic E-state index is -4.31. The van der Waals surface area contributed by atoms with Gasteiger partial charge in [-0.05, 0) is 30.7 Å². The molecule has 2 amide bonds. The molecule has 1 heterocycles. The van der Waals surface area contributed by atoms with Crippen LogP contribution >= 0.6 is 23.2 Å². The first-order valence-corrected chi connectivity index (χ1v) is 9.38. The van der Waals surface area contributed by atoms with Gasteiger partial charge in [0.1, 0.15) is 16.5 Å². The average molecular weight is 434 g/mol. The van der Waals surface area contributed by atoms with Crippen LogP contribution in [-0.2, 0) is 10.0 Å². The molecule has 27 heavy (non-hydrogen) atoms. The van der Waals surface area contributed by atoms with Gasteiger partial charge in [0.15, 0.2) is 0 Å². The highest BCUT2D eigenvalue weighted by Gasteiger charge is 2.23. The Balaban J connectivity index is 2.21. The number of rotatable bonds is 6. The number of ether oxygens (including phenoxy) is 2. The molecule has 0 unspecified atom stereocenters.